The molecule has 18 heavy (non-hydrogen) atoms. The maximum Gasteiger partial charge on any atom is 0.252 e. The molecule has 0 bridgehead atoms. The number of hydrogen-bond donors (Lipinski definition) is 3. The molecule has 2 rings (SSSR count). The average Bonchev–Trinajstić information content (AvgIpc) is 2.84. The number of anilines is 1. The van der Waals surface area contributed by atoms with Crippen LogP contribution < -0.4 is 11.1 Å². The Kier molecular flexibility index (Phi) is 3.27. The fourth-order valence-corrected chi connectivity index (χ4v) is 1.69. The zero-order chi connectivity index (χ0) is 13.1. The van der Waals surface area contributed by atoms with Gasteiger partial charge < -0.3 is 11.1 Å². The Hall–Kier alpha value is -2.37. The lowest BCUT2D eigenvalue weighted by Crippen LogP contribution is -2.24. The van der Waals surface area contributed by atoms with Crippen LogP contribution in [0.5, 0.6) is 0 Å². The molecule has 1 aromatic carbocycles. The first-order valence-electron chi connectivity index (χ1n) is 5.57. The fourth-order valence-electron chi connectivity index (χ4n) is 1.69. The molecule has 0 unspecified atom stereocenters. The van der Waals surface area contributed by atoms with E-state index in [9.17, 15) is 4.79 Å². The molecular weight excluding hydrogens is 230 g/mol. The molecule has 0 saturated carbocycles. The first-order chi connectivity index (χ1) is 8.58. The van der Waals surface area contributed by atoms with Gasteiger partial charge in [0, 0.05) is 11.3 Å². The van der Waals surface area contributed by atoms with Crippen LogP contribution in [0.15, 0.2) is 18.5 Å². The Labute approximate surface area is 105 Å². The summed E-state index contributed by atoms with van der Waals surface area (Å²) in [6.07, 6.45) is 1.40. The summed E-state index contributed by atoms with van der Waals surface area (Å²) in [5.41, 5.74) is 8.88. The number of amides is 1. The molecule has 0 aliphatic carbocycles. The number of hydrogen-bond acceptors (Lipinski definition) is 4. The lowest BCUT2D eigenvalue weighted by Gasteiger charge is -2.09. The number of aromatic amines is 1. The number of carbonyl (C=O) groups excluding carboxylic acids is 1. The molecule has 0 aliphatic rings. The van der Waals surface area contributed by atoms with Crippen molar-refractivity contribution in [2.75, 3.05) is 5.73 Å². The minimum atomic E-state index is -0.171. The summed E-state index contributed by atoms with van der Waals surface area (Å²) < 4.78 is 0. The van der Waals surface area contributed by atoms with Crippen LogP contribution in [0.4, 0.5) is 5.69 Å². The van der Waals surface area contributed by atoms with Crippen molar-refractivity contribution >= 4 is 11.6 Å². The molecule has 6 nitrogen and oxygen atoms in total. The molecule has 0 fully saturated rings. The van der Waals surface area contributed by atoms with Crippen molar-refractivity contribution in [1.82, 2.24) is 20.5 Å². The maximum atomic E-state index is 12.0. The van der Waals surface area contributed by atoms with Crippen molar-refractivity contribution in [1.29, 1.82) is 0 Å². The zero-order valence-electron chi connectivity index (χ0n) is 10.3. The van der Waals surface area contributed by atoms with Gasteiger partial charge in [0.1, 0.15) is 12.2 Å². The first-order valence-corrected chi connectivity index (χ1v) is 5.57. The van der Waals surface area contributed by atoms with Gasteiger partial charge in [-0.2, -0.15) is 5.10 Å². The zero-order valence-corrected chi connectivity index (χ0v) is 10.3. The van der Waals surface area contributed by atoms with Gasteiger partial charge in [0.05, 0.1) is 6.54 Å². The highest BCUT2D eigenvalue weighted by Crippen LogP contribution is 2.17. The molecule has 0 atom stereocenters. The molecule has 0 spiro atoms. The van der Waals surface area contributed by atoms with E-state index in [-0.39, 0.29) is 5.91 Å². The van der Waals surface area contributed by atoms with Crippen LogP contribution in [0.1, 0.15) is 27.3 Å². The number of benzene rings is 1. The van der Waals surface area contributed by atoms with Gasteiger partial charge in [0.25, 0.3) is 5.91 Å². The minimum absolute atomic E-state index is 0.171. The van der Waals surface area contributed by atoms with Crippen molar-refractivity contribution < 1.29 is 4.79 Å². The number of nitrogens with zero attached hydrogens (tertiary/aromatic N) is 2. The quantitative estimate of drug-likeness (QED) is 0.701. The van der Waals surface area contributed by atoms with Crippen molar-refractivity contribution in [3.05, 3.63) is 41.0 Å². The number of nitrogens with two attached hydrogens (primary N) is 1. The molecule has 0 radical (unpaired) electrons. The van der Waals surface area contributed by atoms with Crippen LogP contribution in [0.25, 0.3) is 0 Å². The number of carbonyl (C=O) groups is 1. The molecule has 0 aliphatic heterocycles. The minimum Gasteiger partial charge on any atom is -0.398 e. The smallest absolute Gasteiger partial charge is 0.252 e. The Morgan fingerprint density at radius 1 is 1.39 bits per heavy atom. The van der Waals surface area contributed by atoms with Crippen LogP contribution >= 0.6 is 0 Å². The number of aryl methyl sites for hydroxylation is 2. The van der Waals surface area contributed by atoms with Gasteiger partial charge in [-0.1, -0.05) is 6.07 Å². The second-order valence-corrected chi connectivity index (χ2v) is 4.14. The topological polar surface area (TPSA) is 96.7 Å². The monoisotopic (exact) mass is 245 g/mol. The van der Waals surface area contributed by atoms with Crippen LogP contribution in [0.3, 0.4) is 0 Å². The van der Waals surface area contributed by atoms with E-state index in [0.717, 1.165) is 11.1 Å². The second kappa shape index (κ2) is 4.87. The molecular formula is C12H15N5O. The number of nitrogens with one attached hydrogen (secondary N) is 2. The largest absolute Gasteiger partial charge is 0.398 e. The summed E-state index contributed by atoms with van der Waals surface area (Å²) >= 11 is 0. The predicted molar refractivity (Wildman–Crippen MR) is 67.9 cm³/mol. The number of aromatic nitrogens is 3. The highest BCUT2D eigenvalue weighted by Gasteiger charge is 2.11. The van der Waals surface area contributed by atoms with Crippen molar-refractivity contribution in [3.63, 3.8) is 0 Å². The van der Waals surface area contributed by atoms with Gasteiger partial charge in [0.2, 0.25) is 0 Å². The number of nitrogen functional groups attached to an aromatic ring is 1. The summed E-state index contributed by atoms with van der Waals surface area (Å²) in [6, 6.07) is 3.60. The van der Waals surface area contributed by atoms with Gasteiger partial charge in [-0.15, -0.1) is 0 Å². The van der Waals surface area contributed by atoms with Crippen LogP contribution in [0.2, 0.25) is 0 Å². The Balaban J connectivity index is 2.11. The fraction of sp³-hybridized carbons (Fsp3) is 0.250. The molecule has 6 heteroatoms. The van der Waals surface area contributed by atoms with Gasteiger partial charge in [0.15, 0.2) is 0 Å². The van der Waals surface area contributed by atoms with Crippen LogP contribution in [-0.4, -0.2) is 21.1 Å². The van der Waals surface area contributed by atoms with E-state index in [1.807, 2.05) is 19.9 Å². The van der Waals surface area contributed by atoms with E-state index in [0.29, 0.717) is 23.6 Å². The van der Waals surface area contributed by atoms with E-state index in [1.54, 1.807) is 6.07 Å². The van der Waals surface area contributed by atoms with E-state index in [2.05, 4.69) is 20.5 Å². The van der Waals surface area contributed by atoms with E-state index < -0.39 is 0 Å². The third kappa shape index (κ3) is 2.48. The lowest BCUT2D eigenvalue weighted by molar-refractivity contribution is 0.0949. The molecule has 1 aromatic heterocycles. The molecule has 0 saturated heterocycles. The summed E-state index contributed by atoms with van der Waals surface area (Å²) in [5.74, 6) is 0.441. The lowest BCUT2D eigenvalue weighted by atomic mass is 10.0. The SMILES string of the molecule is Cc1cc(C)c(C(=O)NCc2ncn[nH]2)cc1N. The van der Waals surface area contributed by atoms with Gasteiger partial charge in [-0.3, -0.25) is 9.89 Å². The van der Waals surface area contributed by atoms with Gasteiger partial charge in [-0.25, -0.2) is 4.98 Å². The average molecular weight is 245 g/mol. The highest BCUT2D eigenvalue weighted by molar-refractivity contribution is 5.96. The summed E-state index contributed by atoms with van der Waals surface area (Å²) in [6.45, 7) is 4.11. The third-order valence-electron chi connectivity index (χ3n) is 2.74. The Morgan fingerprint density at radius 3 is 2.83 bits per heavy atom. The number of H-pyrrole nitrogens is 1. The molecule has 4 N–H and O–H groups in total. The highest BCUT2D eigenvalue weighted by atomic mass is 16.1. The third-order valence-corrected chi connectivity index (χ3v) is 2.74. The van der Waals surface area contributed by atoms with Crippen molar-refractivity contribution in [3.8, 4) is 0 Å². The molecule has 94 valence electrons. The first kappa shape index (κ1) is 12.1. The molecule has 1 heterocycles. The van der Waals surface area contributed by atoms with Gasteiger partial charge >= 0.3 is 0 Å². The Bertz CT molecular complexity index is 562. The summed E-state index contributed by atoms with van der Waals surface area (Å²) in [7, 11) is 0. The molecule has 1 amide bonds. The van der Waals surface area contributed by atoms with Crippen molar-refractivity contribution in [2.24, 2.45) is 0 Å². The van der Waals surface area contributed by atoms with E-state index in [4.69, 9.17) is 5.73 Å². The molecule has 2 aromatic rings. The van der Waals surface area contributed by atoms with Crippen LogP contribution in [0, 0.1) is 13.8 Å². The standard InChI is InChI=1S/C12H15N5O/c1-7-3-8(2)10(13)4-9(7)12(18)14-5-11-15-6-16-17-11/h3-4,6H,5,13H2,1-2H3,(H,14,18)(H,15,16,17). The summed E-state index contributed by atoms with van der Waals surface area (Å²) in [5, 5.41) is 9.15. The van der Waals surface area contributed by atoms with E-state index >= 15 is 0 Å². The Morgan fingerprint density at radius 2 is 2.17 bits per heavy atom. The van der Waals surface area contributed by atoms with E-state index in [1.165, 1.54) is 6.33 Å². The normalized spacial score (nSPS) is 10.3. The predicted octanol–water partition coefficient (Wildman–Crippen LogP) is 0.934. The number of rotatable bonds is 3. The second-order valence-electron chi connectivity index (χ2n) is 4.14. The van der Waals surface area contributed by atoms with Crippen LogP contribution in [-0.2, 0) is 6.54 Å². The van der Waals surface area contributed by atoms with Crippen molar-refractivity contribution in [2.45, 2.75) is 20.4 Å². The summed E-state index contributed by atoms with van der Waals surface area (Å²) in [4.78, 5) is 15.9. The maximum absolute atomic E-state index is 12.0. The van der Waals surface area contributed by atoms with Gasteiger partial charge in [-0.05, 0) is 31.0 Å².